The van der Waals surface area contributed by atoms with Gasteiger partial charge in [-0.1, -0.05) is 60.2 Å². The van der Waals surface area contributed by atoms with Crippen LogP contribution in [-0.2, 0) is 17.8 Å². The van der Waals surface area contributed by atoms with Crippen molar-refractivity contribution in [3.63, 3.8) is 0 Å². The highest BCUT2D eigenvalue weighted by Crippen LogP contribution is 2.14. The van der Waals surface area contributed by atoms with Crippen LogP contribution < -0.4 is 5.32 Å². The summed E-state index contributed by atoms with van der Waals surface area (Å²) in [6.07, 6.45) is 1.50. The minimum Gasteiger partial charge on any atom is -0.352 e. The summed E-state index contributed by atoms with van der Waals surface area (Å²) in [4.78, 5) is 14.6. The van der Waals surface area contributed by atoms with E-state index < -0.39 is 0 Å². The van der Waals surface area contributed by atoms with E-state index in [1.54, 1.807) is 0 Å². The predicted octanol–water partition coefficient (Wildman–Crippen LogP) is 2.93. The summed E-state index contributed by atoms with van der Waals surface area (Å²) >= 11 is 0. The van der Waals surface area contributed by atoms with Gasteiger partial charge >= 0.3 is 0 Å². The Labute approximate surface area is 138 Å². The molecule has 2 aromatic carbocycles. The fourth-order valence-electron chi connectivity index (χ4n) is 3.11. The van der Waals surface area contributed by atoms with Crippen molar-refractivity contribution in [3.05, 3.63) is 71.3 Å². The van der Waals surface area contributed by atoms with Crippen molar-refractivity contribution in [1.82, 2.24) is 10.2 Å². The maximum absolute atomic E-state index is 12.2. The number of carbonyl (C=O) groups excluding carboxylic acids is 1. The average Bonchev–Trinajstić information content (AvgIpc) is 2.97. The standard InChI is InChI=1S/C20H24N2O/c1-16-7-9-17(10-8-16)13-20(23)21-19-11-12-22(15-19)14-18-5-3-2-4-6-18/h2-10,19H,11-15H2,1H3,(H,21,23). The van der Waals surface area contributed by atoms with Crippen LogP contribution in [0.4, 0.5) is 0 Å². The van der Waals surface area contributed by atoms with E-state index >= 15 is 0 Å². The van der Waals surface area contributed by atoms with E-state index in [9.17, 15) is 4.79 Å². The van der Waals surface area contributed by atoms with Gasteiger partial charge in [0.25, 0.3) is 0 Å². The number of nitrogens with one attached hydrogen (secondary N) is 1. The third-order valence-electron chi connectivity index (χ3n) is 4.37. The molecule has 3 rings (SSSR count). The van der Waals surface area contributed by atoms with Gasteiger partial charge in [0, 0.05) is 25.7 Å². The van der Waals surface area contributed by atoms with Crippen LogP contribution >= 0.6 is 0 Å². The molecular weight excluding hydrogens is 284 g/mol. The van der Waals surface area contributed by atoms with Crippen molar-refractivity contribution in [2.75, 3.05) is 13.1 Å². The Morgan fingerprint density at radius 2 is 1.83 bits per heavy atom. The average molecular weight is 308 g/mol. The lowest BCUT2D eigenvalue weighted by Gasteiger charge is -2.17. The van der Waals surface area contributed by atoms with Crippen LogP contribution in [0.15, 0.2) is 54.6 Å². The zero-order chi connectivity index (χ0) is 16.1. The summed E-state index contributed by atoms with van der Waals surface area (Å²) in [6, 6.07) is 19.0. The largest absolute Gasteiger partial charge is 0.352 e. The normalized spacial score (nSPS) is 18.0. The summed E-state index contributed by atoms with van der Waals surface area (Å²) in [5.41, 5.74) is 3.63. The molecule has 0 bridgehead atoms. The summed E-state index contributed by atoms with van der Waals surface area (Å²) in [5, 5.41) is 3.18. The first-order valence-electron chi connectivity index (χ1n) is 8.30. The first-order valence-corrected chi connectivity index (χ1v) is 8.30. The van der Waals surface area contributed by atoms with Gasteiger partial charge in [0.2, 0.25) is 5.91 Å². The van der Waals surface area contributed by atoms with Gasteiger partial charge < -0.3 is 5.32 Å². The van der Waals surface area contributed by atoms with Crippen LogP contribution in [0.2, 0.25) is 0 Å². The van der Waals surface area contributed by atoms with Crippen LogP contribution in [0.5, 0.6) is 0 Å². The molecule has 1 amide bonds. The second-order valence-electron chi connectivity index (χ2n) is 6.44. The highest BCUT2D eigenvalue weighted by Gasteiger charge is 2.23. The summed E-state index contributed by atoms with van der Waals surface area (Å²) in [6.45, 7) is 5.01. The lowest BCUT2D eigenvalue weighted by molar-refractivity contribution is -0.121. The molecule has 1 aliphatic heterocycles. The number of nitrogens with zero attached hydrogens (tertiary/aromatic N) is 1. The Bertz CT molecular complexity index is 636. The lowest BCUT2D eigenvalue weighted by Crippen LogP contribution is -2.37. The lowest BCUT2D eigenvalue weighted by atomic mass is 10.1. The molecule has 0 saturated carbocycles. The Kier molecular flexibility index (Phi) is 5.09. The van der Waals surface area contributed by atoms with Gasteiger partial charge in [0.05, 0.1) is 6.42 Å². The van der Waals surface area contributed by atoms with Crippen LogP contribution in [0.25, 0.3) is 0 Å². The number of likely N-dealkylation sites (tertiary alicyclic amines) is 1. The highest BCUT2D eigenvalue weighted by atomic mass is 16.1. The molecule has 1 fully saturated rings. The van der Waals surface area contributed by atoms with Crippen molar-refractivity contribution in [3.8, 4) is 0 Å². The maximum Gasteiger partial charge on any atom is 0.224 e. The van der Waals surface area contributed by atoms with E-state index in [4.69, 9.17) is 0 Å². The van der Waals surface area contributed by atoms with Crippen LogP contribution in [0.1, 0.15) is 23.1 Å². The van der Waals surface area contributed by atoms with Crippen LogP contribution in [-0.4, -0.2) is 29.9 Å². The second kappa shape index (κ2) is 7.42. The van der Waals surface area contributed by atoms with Gasteiger partial charge in [-0.2, -0.15) is 0 Å². The Balaban J connectivity index is 1.46. The smallest absolute Gasteiger partial charge is 0.224 e. The van der Waals surface area contributed by atoms with Gasteiger partial charge in [0.1, 0.15) is 0 Å². The van der Waals surface area contributed by atoms with E-state index in [-0.39, 0.29) is 11.9 Å². The summed E-state index contributed by atoms with van der Waals surface area (Å²) in [5.74, 6) is 0.125. The fourth-order valence-corrected chi connectivity index (χ4v) is 3.11. The number of hydrogen-bond acceptors (Lipinski definition) is 2. The third-order valence-corrected chi connectivity index (χ3v) is 4.37. The number of rotatable bonds is 5. The predicted molar refractivity (Wildman–Crippen MR) is 93.1 cm³/mol. The third kappa shape index (κ3) is 4.67. The summed E-state index contributed by atoms with van der Waals surface area (Å²) in [7, 11) is 0. The van der Waals surface area contributed by atoms with Gasteiger partial charge in [-0.05, 0) is 24.5 Å². The molecule has 1 N–H and O–H groups in total. The second-order valence-corrected chi connectivity index (χ2v) is 6.44. The van der Waals surface area contributed by atoms with E-state index in [1.807, 2.05) is 18.2 Å². The number of aryl methyl sites for hydroxylation is 1. The van der Waals surface area contributed by atoms with Gasteiger partial charge in [-0.15, -0.1) is 0 Å². The minimum absolute atomic E-state index is 0.125. The molecule has 120 valence electrons. The van der Waals surface area contributed by atoms with Crippen molar-refractivity contribution < 1.29 is 4.79 Å². The first kappa shape index (κ1) is 15.8. The molecule has 1 saturated heterocycles. The molecular formula is C20H24N2O. The molecule has 3 heteroatoms. The van der Waals surface area contributed by atoms with E-state index in [0.717, 1.165) is 31.6 Å². The zero-order valence-corrected chi connectivity index (χ0v) is 13.7. The number of carbonyl (C=O) groups is 1. The van der Waals surface area contributed by atoms with E-state index in [2.05, 4.69) is 53.5 Å². The van der Waals surface area contributed by atoms with Gasteiger partial charge in [0.15, 0.2) is 0 Å². The molecule has 0 aromatic heterocycles. The van der Waals surface area contributed by atoms with E-state index in [0.29, 0.717) is 6.42 Å². The van der Waals surface area contributed by atoms with Crippen molar-refractivity contribution in [2.45, 2.75) is 32.4 Å². The summed E-state index contributed by atoms with van der Waals surface area (Å²) < 4.78 is 0. The maximum atomic E-state index is 12.2. The Hall–Kier alpha value is -2.13. The van der Waals surface area contributed by atoms with E-state index in [1.165, 1.54) is 11.1 Å². The molecule has 23 heavy (non-hydrogen) atoms. The molecule has 3 nitrogen and oxygen atoms in total. The topological polar surface area (TPSA) is 32.3 Å². The number of benzene rings is 2. The zero-order valence-electron chi connectivity index (χ0n) is 13.7. The molecule has 2 aromatic rings. The quantitative estimate of drug-likeness (QED) is 0.921. The molecule has 1 atom stereocenters. The molecule has 1 heterocycles. The van der Waals surface area contributed by atoms with Crippen LogP contribution in [0, 0.1) is 6.92 Å². The Morgan fingerprint density at radius 1 is 1.09 bits per heavy atom. The molecule has 0 radical (unpaired) electrons. The first-order chi connectivity index (χ1) is 11.2. The highest BCUT2D eigenvalue weighted by molar-refractivity contribution is 5.78. The molecule has 0 aliphatic carbocycles. The number of hydrogen-bond donors (Lipinski definition) is 1. The monoisotopic (exact) mass is 308 g/mol. The van der Waals surface area contributed by atoms with Crippen molar-refractivity contribution >= 4 is 5.91 Å². The Morgan fingerprint density at radius 3 is 2.57 bits per heavy atom. The van der Waals surface area contributed by atoms with Crippen LogP contribution in [0.3, 0.4) is 0 Å². The van der Waals surface area contributed by atoms with Gasteiger partial charge in [-0.3, -0.25) is 9.69 Å². The molecule has 1 aliphatic rings. The van der Waals surface area contributed by atoms with Crippen molar-refractivity contribution in [2.24, 2.45) is 0 Å². The molecule has 0 spiro atoms. The van der Waals surface area contributed by atoms with Crippen molar-refractivity contribution in [1.29, 1.82) is 0 Å². The van der Waals surface area contributed by atoms with Gasteiger partial charge in [-0.25, -0.2) is 0 Å². The molecule has 1 unspecified atom stereocenters. The minimum atomic E-state index is 0.125. The fraction of sp³-hybridized carbons (Fsp3) is 0.350. The number of amides is 1. The SMILES string of the molecule is Cc1ccc(CC(=O)NC2CCN(Cc3ccccc3)C2)cc1.